The third kappa shape index (κ3) is 3.44. The first kappa shape index (κ1) is 14.6. The Morgan fingerprint density at radius 1 is 1.41 bits per heavy atom. The van der Waals surface area contributed by atoms with Gasteiger partial charge in [0.25, 0.3) is 0 Å². The molecule has 116 valence electrons. The lowest BCUT2D eigenvalue weighted by Gasteiger charge is -2.07. The molecular formula is C15H17N3O4. The predicted octanol–water partition coefficient (Wildman–Crippen LogP) is 1.15. The van der Waals surface area contributed by atoms with Gasteiger partial charge in [0, 0.05) is 0 Å². The summed E-state index contributed by atoms with van der Waals surface area (Å²) in [4.78, 5) is 15.4. The van der Waals surface area contributed by atoms with Gasteiger partial charge in [0.15, 0.2) is 11.9 Å². The molecule has 1 N–H and O–H groups in total. The van der Waals surface area contributed by atoms with E-state index in [1.807, 2.05) is 30.3 Å². The third-order valence-electron chi connectivity index (χ3n) is 3.28. The van der Waals surface area contributed by atoms with Gasteiger partial charge < -0.3 is 14.2 Å². The first-order chi connectivity index (χ1) is 10.8. The lowest BCUT2D eigenvalue weighted by Crippen LogP contribution is -2.24. The van der Waals surface area contributed by atoms with E-state index in [9.17, 15) is 4.79 Å². The highest BCUT2D eigenvalue weighted by atomic mass is 16.6. The Morgan fingerprint density at radius 2 is 2.23 bits per heavy atom. The molecule has 0 saturated carbocycles. The standard InChI is InChI=1S/C15H17N3O4/c1-20-15(19)12-7-16-10-18(12)17-14-13(22-14)9-21-8-11-5-3-2-4-6-11/h2-7,10,13-14,17H,8-9H2,1H3. The summed E-state index contributed by atoms with van der Waals surface area (Å²) < 4.78 is 17.2. The van der Waals surface area contributed by atoms with Gasteiger partial charge in [-0.2, -0.15) is 0 Å². The zero-order valence-electron chi connectivity index (χ0n) is 12.1. The molecule has 1 saturated heterocycles. The van der Waals surface area contributed by atoms with E-state index in [1.54, 1.807) is 0 Å². The SMILES string of the molecule is COC(=O)c1cncn1NC1OC1COCc1ccccc1. The van der Waals surface area contributed by atoms with Crippen LogP contribution in [0, 0.1) is 0 Å². The van der Waals surface area contributed by atoms with Crippen LogP contribution in [0.5, 0.6) is 0 Å². The predicted molar refractivity (Wildman–Crippen MR) is 77.7 cm³/mol. The Labute approximate surface area is 127 Å². The minimum absolute atomic E-state index is 0.0448. The average molecular weight is 303 g/mol. The van der Waals surface area contributed by atoms with Crippen LogP contribution in [0.2, 0.25) is 0 Å². The highest BCUT2D eigenvalue weighted by Gasteiger charge is 2.40. The number of hydrogen-bond acceptors (Lipinski definition) is 6. The number of imidazole rings is 1. The summed E-state index contributed by atoms with van der Waals surface area (Å²) in [5.74, 6) is -0.456. The molecule has 7 heteroatoms. The van der Waals surface area contributed by atoms with Crippen LogP contribution in [-0.2, 0) is 20.8 Å². The Kier molecular flexibility index (Phi) is 4.36. The number of ether oxygens (including phenoxy) is 3. The summed E-state index contributed by atoms with van der Waals surface area (Å²) >= 11 is 0. The monoisotopic (exact) mass is 303 g/mol. The number of nitrogens with one attached hydrogen (secondary N) is 1. The van der Waals surface area contributed by atoms with E-state index >= 15 is 0 Å². The quantitative estimate of drug-likeness (QED) is 0.611. The lowest BCUT2D eigenvalue weighted by molar-refractivity contribution is 0.0590. The van der Waals surface area contributed by atoms with Gasteiger partial charge in [-0.1, -0.05) is 30.3 Å². The van der Waals surface area contributed by atoms with Gasteiger partial charge in [-0.25, -0.2) is 14.5 Å². The molecule has 7 nitrogen and oxygen atoms in total. The molecule has 3 rings (SSSR count). The number of rotatable bonds is 7. The van der Waals surface area contributed by atoms with Crippen molar-refractivity contribution in [2.24, 2.45) is 0 Å². The van der Waals surface area contributed by atoms with Crippen molar-refractivity contribution in [3.05, 3.63) is 54.1 Å². The number of methoxy groups -OCH3 is 1. The topological polar surface area (TPSA) is 77.9 Å². The van der Waals surface area contributed by atoms with E-state index in [0.29, 0.717) is 18.9 Å². The minimum atomic E-state index is -0.456. The van der Waals surface area contributed by atoms with Gasteiger partial charge in [-0.15, -0.1) is 0 Å². The van der Waals surface area contributed by atoms with Crippen molar-refractivity contribution >= 4 is 5.97 Å². The molecule has 0 aliphatic carbocycles. The van der Waals surface area contributed by atoms with E-state index in [2.05, 4.69) is 15.1 Å². The van der Waals surface area contributed by atoms with Crippen molar-refractivity contribution in [1.82, 2.24) is 9.66 Å². The second kappa shape index (κ2) is 6.59. The summed E-state index contributed by atoms with van der Waals surface area (Å²) in [6, 6.07) is 9.95. The Morgan fingerprint density at radius 3 is 3.00 bits per heavy atom. The maximum absolute atomic E-state index is 11.5. The highest BCUT2D eigenvalue weighted by Crippen LogP contribution is 2.21. The maximum Gasteiger partial charge on any atom is 0.358 e. The van der Waals surface area contributed by atoms with E-state index in [1.165, 1.54) is 24.3 Å². The molecule has 1 aromatic heterocycles. The van der Waals surface area contributed by atoms with E-state index in [4.69, 9.17) is 9.47 Å². The normalized spacial score (nSPS) is 19.7. The van der Waals surface area contributed by atoms with Crippen LogP contribution in [-0.4, -0.2) is 41.7 Å². The molecule has 0 amide bonds. The number of carbonyl (C=O) groups excluding carboxylic acids is 1. The number of hydrogen-bond donors (Lipinski definition) is 1. The van der Waals surface area contributed by atoms with E-state index in [-0.39, 0.29) is 12.3 Å². The maximum atomic E-state index is 11.5. The van der Waals surface area contributed by atoms with Gasteiger partial charge >= 0.3 is 5.97 Å². The Bertz CT molecular complexity index is 629. The highest BCUT2D eigenvalue weighted by molar-refractivity contribution is 5.87. The molecule has 1 aliphatic rings. The summed E-state index contributed by atoms with van der Waals surface area (Å²) in [6.07, 6.45) is 2.68. The van der Waals surface area contributed by atoms with Crippen LogP contribution >= 0.6 is 0 Å². The van der Waals surface area contributed by atoms with Crippen LogP contribution in [0.15, 0.2) is 42.9 Å². The second-order valence-electron chi connectivity index (χ2n) is 4.87. The fraction of sp³-hybridized carbons (Fsp3) is 0.333. The molecular weight excluding hydrogens is 286 g/mol. The molecule has 2 atom stereocenters. The van der Waals surface area contributed by atoms with Gasteiger partial charge in [0.1, 0.15) is 12.4 Å². The molecule has 0 spiro atoms. The molecule has 2 unspecified atom stereocenters. The lowest BCUT2D eigenvalue weighted by atomic mass is 10.2. The summed E-state index contributed by atoms with van der Waals surface area (Å²) in [5, 5.41) is 0. The van der Waals surface area contributed by atoms with Crippen LogP contribution in [0.1, 0.15) is 16.1 Å². The molecule has 0 radical (unpaired) electrons. The van der Waals surface area contributed by atoms with Gasteiger partial charge in [0.2, 0.25) is 0 Å². The number of aromatic nitrogens is 2. The van der Waals surface area contributed by atoms with Crippen molar-refractivity contribution < 1.29 is 19.0 Å². The Balaban J connectivity index is 1.43. The molecule has 22 heavy (non-hydrogen) atoms. The van der Waals surface area contributed by atoms with E-state index in [0.717, 1.165) is 5.56 Å². The number of esters is 1. The van der Waals surface area contributed by atoms with Crippen molar-refractivity contribution in [3.8, 4) is 0 Å². The molecule has 1 fully saturated rings. The smallest absolute Gasteiger partial charge is 0.358 e. The fourth-order valence-corrected chi connectivity index (χ4v) is 2.04. The average Bonchev–Trinajstić information content (AvgIpc) is 3.11. The van der Waals surface area contributed by atoms with Gasteiger partial charge in [-0.3, -0.25) is 5.43 Å². The molecule has 2 aromatic rings. The van der Waals surface area contributed by atoms with Crippen LogP contribution in [0.25, 0.3) is 0 Å². The number of epoxide rings is 1. The fourth-order valence-electron chi connectivity index (χ4n) is 2.04. The zero-order chi connectivity index (χ0) is 15.4. The van der Waals surface area contributed by atoms with Crippen LogP contribution in [0.4, 0.5) is 0 Å². The number of benzene rings is 1. The second-order valence-corrected chi connectivity index (χ2v) is 4.87. The van der Waals surface area contributed by atoms with Crippen molar-refractivity contribution in [1.29, 1.82) is 0 Å². The number of nitrogens with zero attached hydrogens (tertiary/aromatic N) is 2. The van der Waals surface area contributed by atoms with Gasteiger partial charge in [0.05, 0.1) is 26.5 Å². The van der Waals surface area contributed by atoms with Crippen LogP contribution in [0.3, 0.4) is 0 Å². The summed E-state index contributed by atoms with van der Waals surface area (Å²) in [6.45, 7) is 1.03. The first-order valence-corrected chi connectivity index (χ1v) is 6.92. The number of carbonyl (C=O) groups is 1. The zero-order valence-corrected chi connectivity index (χ0v) is 12.1. The minimum Gasteiger partial charge on any atom is -0.464 e. The summed E-state index contributed by atoms with van der Waals surface area (Å²) in [7, 11) is 1.33. The molecule has 1 aromatic carbocycles. The third-order valence-corrected chi connectivity index (χ3v) is 3.28. The van der Waals surface area contributed by atoms with Crippen LogP contribution < -0.4 is 5.43 Å². The largest absolute Gasteiger partial charge is 0.464 e. The van der Waals surface area contributed by atoms with E-state index < -0.39 is 5.97 Å². The molecule has 1 aliphatic heterocycles. The van der Waals surface area contributed by atoms with Crippen molar-refractivity contribution in [2.45, 2.75) is 18.9 Å². The molecule has 0 bridgehead atoms. The van der Waals surface area contributed by atoms with Gasteiger partial charge in [-0.05, 0) is 5.56 Å². The van der Waals surface area contributed by atoms with Crippen molar-refractivity contribution in [3.63, 3.8) is 0 Å². The first-order valence-electron chi connectivity index (χ1n) is 6.92. The van der Waals surface area contributed by atoms with Crippen molar-refractivity contribution in [2.75, 3.05) is 19.1 Å². The molecule has 2 heterocycles. The summed E-state index contributed by atoms with van der Waals surface area (Å²) in [5.41, 5.74) is 4.47. The Hall–Kier alpha value is -2.38.